The van der Waals surface area contributed by atoms with Crippen molar-refractivity contribution in [2.24, 2.45) is 0 Å². The van der Waals surface area contributed by atoms with Gasteiger partial charge in [-0.15, -0.1) is 0 Å². The largest absolute Gasteiger partial charge is 0.311 e. The molecule has 2 nitrogen and oxygen atoms in total. The average molecular weight is 739 g/mol. The third kappa shape index (κ3) is 5.82. The fraction of sp³-hybridized carbons (Fsp3) is 0. The minimum absolute atomic E-state index is 1.09. The fourth-order valence-corrected chi connectivity index (χ4v) is 8.78. The van der Waals surface area contributed by atoms with Gasteiger partial charge in [-0.2, -0.15) is 0 Å². The van der Waals surface area contributed by atoms with Gasteiger partial charge >= 0.3 is 0 Å². The average Bonchev–Trinajstić information content (AvgIpc) is 3.62. The molecule has 0 N–H and O–H groups in total. The Kier molecular flexibility index (Phi) is 8.19. The van der Waals surface area contributed by atoms with Crippen LogP contribution in [0.15, 0.2) is 231 Å². The van der Waals surface area contributed by atoms with Crippen molar-refractivity contribution in [3.8, 4) is 39.1 Å². The Hall–Kier alpha value is -7.68. The van der Waals surface area contributed by atoms with Gasteiger partial charge in [0.2, 0.25) is 0 Å². The van der Waals surface area contributed by atoms with Crippen LogP contribution in [0.25, 0.3) is 82.4 Å². The molecule has 11 aromatic rings. The van der Waals surface area contributed by atoms with E-state index in [4.69, 9.17) is 0 Å². The number of hydrogen-bond acceptors (Lipinski definition) is 1. The van der Waals surface area contributed by atoms with E-state index in [9.17, 15) is 0 Å². The summed E-state index contributed by atoms with van der Waals surface area (Å²) in [6, 6.07) is 83.6. The number of aromatic nitrogens is 1. The molecule has 58 heavy (non-hydrogen) atoms. The maximum Gasteiger partial charge on any atom is 0.0547 e. The second-order valence-corrected chi connectivity index (χ2v) is 15.0. The Balaban J connectivity index is 1.01. The van der Waals surface area contributed by atoms with E-state index in [0.29, 0.717) is 0 Å². The van der Waals surface area contributed by atoms with Gasteiger partial charge in [0.1, 0.15) is 0 Å². The van der Waals surface area contributed by atoms with Gasteiger partial charge in [-0.05, 0) is 122 Å². The summed E-state index contributed by atoms with van der Waals surface area (Å²) in [5.74, 6) is 0. The number of benzene rings is 10. The molecule has 0 saturated heterocycles. The van der Waals surface area contributed by atoms with Crippen LogP contribution in [0.4, 0.5) is 17.1 Å². The maximum atomic E-state index is 2.40. The molecular formula is C56H38N2. The lowest BCUT2D eigenvalue weighted by Gasteiger charge is -2.26. The number of nitrogens with zero attached hydrogens (tertiary/aromatic N) is 2. The number of para-hydroxylation sites is 1. The first-order valence-corrected chi connectivity index (χ1v) is 19.9. The molecule has 0 fully saturated rings. The molecule has 0 aliphatic carbocycles. The van der Waals surface area contributed by atoms with Crippen molar-refractivity contribution in [1.29, 1.82) is 0 Å². The van der Waals surface area contributed by atoms with E-state index in [1.54, 1.807) is 0 Å². The fourth-order valence-electron chi connectivity index (χ4n) is 8.78. The first-order chi connectivity index (χ1) is 28.8. The summed E-state index contributed by atoms with van der Waals surface area (Å²) in [6.07, 6.45) is 0. The first kappa shape index (κ1) is 33.6. The predicted molar refractivity (Wildman–Crippen MR) is 247 cm³/mol. The van der Waals surface area contributed by atoms with Gasteiger partial charge < -0.3 is 9.47 Å². The molecule has 0 radical (unpaired) electrons. The molecule has 10 aromatic carbocycles. The molecule has 1 heterocycles. The molecule has 0 aliphatic heterocycles. The van der Waals surface area contributed by atoms with Crippen LogP contribution in [-0.2, 0) is 0 Å². The molecule has 0 saturated carbocycles. The normalized spacial score (nSPS) is 11.4. The lowest BCUT2D eigenvalue weighted by molar-refractivity contribution is 1.17. The lowest BCUT2D eigenvalue weighted by atomic mass is 9.92. The second-order valence-electron chi connectivity index (χ2n) is 15.0. The molecule has 1 aromatic heterocycles. The number of anilines is 3. The van der Waals surface area contributed by atoms with Crippen LogP contribution in [0.2, 0.25) is 0 Å². The van der Waals surface area contributed by atoms with Gasteiger partial charge in [0.05, 0.1) is 11.0 Å². The Morgan fingerprint density at radius 1 is 0.276 bits per heavy atom. The standard InChI is InChI=1S/C56H38N2/c1-3-13-39(14-4-1)40-23-27-45(28-24-40)57(46-29-25-42(26-30-46)50-36-35-49(41-15-5-2-6-16-41)51-19-9-10-20-52(50)51)47-31-33-48(34-32-47)58-55-22-12-11-21-53(55)54-37-43-17-7-8-18-44(43)38-56(54)58/h1-38H. The predicted octanol–water partition coefficient (Wildman–Crippen LogP) is 15.6. The van der Waals surface area contributed by atoms with Crippen LogP contribution in [0, 0.1) is 0 Å². The highest BCUT2D eigenvalue weighted by molar-refractivity contribution is 6.13. The molecule has 0 atom stereocenters. The third-order valence-electron chi connectivity index (χ3n) is 11.6. The van der Waals surface area contributed by atoms with Crippen molar-refractivity contribution < 1.29 is 0 Å². The van der Waals surface area contributed by atoms with Gasteiger partial charge in [0.15, 0.2) is 0 Å². The SMILES string of the molecule is c1ccc(-c2ccc(N(c3ccc(-c4ccc(-c5ccccc5)c5ccccc45)cc3)c3ccc(-n4c5ccccc5c5cc6ccccc6cc54)cc3)cc2)cc1. The van der Waals surface area contributed by atoms with Crippen molar-refractivity contribution in [2.45, 2.75) is 0 Å². The summed E-state index contributed by atoms with van der Waals surface area (Å²) < 4.78 is 2.40. The number of rotatable bonds is 7. The summed E-state index contributed by atoms with van der Waals surface area (Å²) in [5.41, 5.74) is 14.1. The summed E-state index contributed by atoms with van der Waals surface area (Å²) in [6.45, 7) is 0. The smallest absolute Gasteiger partial charge is 0.0547 e. The van der Waals surface area contributed by atoms with Crippen molar-refractivity contribution in [2.75, 3.05) is 4.90 Å². The van der Waals surface area contributed by atoms with E-state index in [1.165, 1.54) is 76.7 Å². The van der Waals surface area contributed by atoms with E-state index in [0.717, 1.165) is 22.7 Å². The van der Waals surface area contributed by atoms with Crippen LogP contribution >= 0.6 is 0 Å². The second kappa shape index (κ2) is 14.1. The molecule has 0 amide bonds. The van der Waals surface area contributed by atoms with Gasteiger partial charge in [-0.3, -0.25) is 0 Å². The molecule has 11 rings (SSSR count). The van der Waals surface area contributed by atoms with Crippen LogP contribution in [0.5, 0.6) is 0 Å². The zero-order valence-electron chi connectivity index (χ0n) is 31.8. The van der Waals surface area contributed by atoms with Gasteiger partial charge in [0.25, 0.3) is 0 Å². The topological polar surface area (TPSA) is 8.17 Å². The Bertz CT molecular complexity index is 3230. The number of hydrogen-bond donors (Lipinski definition) is 0. The number of fused-ring (bicyclic) bond motifs is 5. The highest BCUT2D eigenvalue weighted by Gasteiger charge is 2.17. The molecule has 0 bridgehead atoms. The van der Waals surface area contributed by atoms with Crippen molar-refractivity contribution in [1.82, 2.24) is 4.57 Å². The van der Waals surface area contributed by atoms with E-state index in [-0.39, 0.29) is 0 Å². The van der Waals surface area contributed by atoms with Crippen molar-refractivity contribution in [3.63, 3.8) is 0 Å². The highest BCUT2D eigenvalue weighted by Crippen LogP contribution is 2.41. The van der Waals surface area contributed by atoms with Crippen molar-refractivity contribution >= 4 is 60.4 Å². The zero-order chi connectivity index (χ0) is 38.4. The first-order valence-electron chi connectivity index (χ1n) is 19.9. The van der Waals surface area contributed by atoms with Gasteiger partial charge in [0, 0.05) is 33.5 Å². The van der Waals surface area contributed by atoms with Crippen LogP contribution in [-0.4, -0.2) is 4.57 Å². The maximum absolute atomic E-state index is 2.40. The molecular weight excluding hydrogens is 701 g/mol. The summed E-state index contributed by atoms with van der Waals surface area (Å²) in [7, 11) is 0. The van der Waals surface area contributed by atoms with E-state index < -0.39 is 0 Å². The van der Waals surface area contributed by atoms with E-state index in [1.807, 2.05) is 0 Å². The molecule has 2 heteroatoms. The quantitative estimate of drug-likeness (QED) is 0.158. The molecule has 0 aliphatic rings. The van der Waals surface area contributed by atoms with Gasteiger partial charge in [-0.25, -0.2) is 0 Å². The summed E-state index contributed by atoms with van der Waals surface area (Å²) in [5, 5.41) is 7.52. The Morgan fingerprint density at radius 3 is 1.31 bits per heavy atom. The summed E-state index contributed by atoms with van der Waals surface area (Å²) >= 11 is 0. The Labute approximate surface area is 338 Å². The van der Waals surface area contributed by atoms with Crippen LogP contribution in [0.3, 0.4) is 0 Å². The van der Waals surface area contributed by atoms with Gasteiger partial charge in [-0.1, -0.05) is 164 Å². The third-order valence-corrected chi connectivity index (χ3v) is 11.6. The van der Waals surface area contributed by atoms with Crippen molar-refractivity contribution in [3.05, 3.63) is 231 Å². The monoisotopic (exact) mass is 738 g/mol. The van der Waals surface area contributed by atoms with Crippen LogP contribution < -0.4 is 4.90 Å². The molecule has 0 spiro atoms. The zero-order valence-corrected chi connectivity index (χ0v) is 31.8. The Morgan fingerprint density at radius 2 is 0.707 bits per heavy atom. The van der Waals surface area contributed by atoms with Crippen LogP contribution in [0.1, 0.15) is 0 Å². The van der Waals surface area contributed by atoms with E-state index in [2.05, 4.69) is 240 Å². The highest BCUT2D eigenvalue weighted by atomic mass is 15.1. The minimum atomic E-state index is 1.09. The summed E-state index contributed by atoms with van der Waals surface area (Å²) in [4.78, 5) is 2.36. The van der Waals surface area contributed by atoms with E-state index >= 15 is 0 Å². The minimum Gasteiger partial charge on any atom is -0.311 e. The lowest BCUT2D eigenvalue weighted by Crippen LogP contribution is -2.10. The molecule has 272 valence electrons. The molecule has 0 unspecified atom stereocenters.